The van der Waals surface area contributed by atoms with E-state index in [9.17, 15) is 4.57 Å². The molecule has 0 bridgehead atoms. The second kappa shape index (κ2) is 6.81. The third kappa shape index (κ3) is 8.17. The van der Waals surface area contributed by atoms with Crippen molar-refractivity contribution in [2.24, 2.45) is 0 Å². The van der Waals surface area contributed by atoms with Crippen LogP contribution in [0, 0.1) is 0 Å². The molecule has 92 valence electrons. The Morgan fingerprint density at radius 3 is 1.87 bits per heavy atom. The van der Waals surface area contributed by atoms with Gasteiger partial charge in [-0.2, -0.15) is 0 Å². The maximum atomic E-state index is 12.0. The minimum atomic E-state index is -2.91. The molecule has 6 heteroatoms. The molecule has 0 unspecified atom stereocenters. The first-order valence-electron chi connectivity index (χ1n) is 5.35. The van der Waals surface area contributed by atoms with Crippen LogP contribution in [0.25, 0.3) is 0 Å². The number of hydrogen-bond donors (Lipinski definition) is 0. The second-order valence-electron chi connectivity index (χ2n) is 4.13. The van der Waals surface area contributed by atoms with Gasteiger partial charge in [0.2, 0.25) is 0 Å². The maximum Gasteiger partial charge on any atom is 0.332 e. The predicted octanol–water partition coefficient (Wildman–Crippen LogP) is 3.10. The van der Waals surface area contributed by atoms with E-state index in [1.54, 1.807) is 0 Å². The average molecular weight is 254 g/mol. The fourth-order valence-corrected chi connectivity index (χ4v) is 3.34. The summed E-state index contributed by atoms with van der Waals surface area (Å²) in [6.07, 6.45) is 0.346. The minimum Gasteiger partial charge on any atom is -0.417 e. The van der Waals surface area contributed by atoms with E-state index in [0.29, 0.717) is 26.0 Å². The van der Waals surface area contributed by atoms with Gasteiger partial charge in [0.05, 0.1) is 19.4 Å². The van der Waals surface area contributed by atoms with E-state index in [1.165, 1.54) is 0 Å². The lowest BCUT2D eigenvalue weighted by Crippen LogP contribution is -2.27. The Labute approximate surface area is 94.0 Å². The van der Waals surface area contributed by atoms with Gasteiger partial charge in [0.1, 0.15) is 0 Å². The highest BCUT2D eigenvalue weighted by Gasteiger charge is 2.24. The molecule has 0 radical (unpaired) electrons. The predicted molar refractivity (Wildman–Crippen MR) is 65.0 cm³/mol. The molecule has 0 saturated heterocycles. The topological polar surface area (TPSA) is 44.8 Å². The van der Waals surface area contributed by atoms with Crippen LogP contribution in [-0.4, -0.2) is 34.3 Å². The molecule has 0 atom stereocenters. The highest BCUT2D eigenvalue weighted by Crippen LogP contribution is 2.47. The van der Waals surface area contributed by atoms with Gasteiger partial charge in [-0.05, 0) is 33.5 Å². The molecule has 0 saturated carbocycles. The van der Waals surface area contributed by atoms with Gasteiger partial charge in [-0.1, -0.05) is 0 Å². The van der Waals surface area contributed by atoms with Crippen LogP contribution in [0.15, 0.2) is 0 Å². The van der Waals surface area contributed by atoms with Gasteiger partial charge in [-0.15, -0.1) is 0 Å². The minimum absolute atomic E-state index is 0.346. The van der Waals surface area contributed by atoms with E-state index in [0.717, 1.165) is 0 Å². The Kier molecular flexibility index (Phi) is 6.96. The first-order chi connectivity index (χ1) is 6.83. The van der Waals surface area contributed by atoms with Crippen LogP contribution in [0.2, 0.25) is 19.6 Å². The number of hydrogen-bond acceptors (Lipinski definition) is 4. The van der Waals surface area contributed by atoms with E-state index < -0.39 is 15.9 Å². The fraction of sp³-hybridized carbons (Fsp3) is 1.00. The van der Waals surface area contributed by atoms with Crippen molar-refractivity contribution in [1.29, 1.82) is 0 Å². The van der Waals surface area contributed by atoms with Crippen molar-refractivity contribution in [2.75, 3.05) is 26.0 Å². The zero-order valence-corrected chi connectivity index (χ0v) is 12.3. The quantitative estimate of drug-likeness (QED) is 0.493. The molecule has 4 nitrogen and oxygen atoms in total. The summed E-state index contributed by atoms with van der Waals surface area (Å²) in [5, 5.41) is 0. The van der Waals surface area contributed by atoms with E-state index in [2.05, 4.69) is 19.6 Å². The lowest BCUT2D eigenvalue weighted by atomic mass is 10.9. The molecule has 0 aliphatic carbocycles. The van der Waals surface area contributed by atoms with Crippen LogP contribution in [0.5, 0.6) is 0 Å². The average Bonchev–Trinajstić information content (AvgIpc) is 2.01. The molecule has 15 heavy (non-hydrogen) atoms. The first kappa shape index (κ1) is 15.3. The number of rotatable bonds is 8. The highest BCUT2D eigenvalue weighted by molar-refractivity contribution is 7.53. The molecule has 0 rings (SSSR count). The molecule has 0 aliphatic rings. The zero-order chi connectivity index (χ0) is 11.9. The van der Waals surface area contributed by atoms with E-state index in [1.807, 2.05) is 13.8 Å². The van der Waals surface area contributed by atoms with Crippen LogP contribution >= 0.6 is 7.60 Å². The van der Waals surface area contributed by atoms with Crippen molar-refractivity contribution < 1.29 is 18.0 Å². The van der Waals surface area contributed by atoms with Gasteiger partial charge in [0.25, 0.3) is 0 Å². The van der Waals surface area contributed by atoms with Crippen molar-refractivity contribution in [3.63, 3.8) is 0 Å². The summed E-state index contributed by atoms with van der Waals surface area (Å²) in [7, 11) is -4.44. The van der Waals surface area contributed by atoms with Gasteiger partial charge in [0, 0.05) is 6.61 Å². The summed E-state index contributed by atoms with van der Waals surface area (Å²) in [6.45, 7) is 11.2. The monoisotopic (exact) mass is 254 g/mol. The highest BCUT2D eigenvalue weighted by atomic mass is 31.2. The molecule has 0 heterocycles. The Balaban J connectivity index is 4.02. The van der Waals surface area contributed by atoms with E-state index >= 15 is 0 Å². The summed E-state index contributed by atoms with van der Waals surface area (Å²) in [5.41, 5.74) is 0. The molecule has 0 aromatic rings. The van der Waals surface area contributed by atoms with Gasteiger partial charge < -0.3 is 13.5 Å². The Hall–Kier alpha value is 0.327. The van der Waals surface area contributed by atoms with Gasteiger partial charge >= 0.3 is 7.60 Å². The van der Waals surface area contributed by atoms with Crippen molar-refractivity contribution in [3.05, 3.63) is 0 Å². The van der Waals surface area contributed by atoms with Crippen molar-refractivity contribution in [1.82, 2.24) is 0 Å². The summed E-state index contributed by atoms with van der Waals surface area (Å²) < 4.78 is 27.9. The van der Waals surface area contributed by atoms with Crippen LogP contribution in [0.4, 0.5) is 0 Å². The largest absolute Gasteiger partial charge is 0.417 e. The lowest BCUT2D eigenvalue weighted by molar-refractivity contribution is 0.212. The van der Waals surface area contributed by atoms with Gasteiger partial charge in [0.15, 0.2) is 8.32 Å². The maximum absolute atomic E-state index is 12.0. The Bertz CT molecular complexity index is 205. The summed E-state index contributed by atoms with van der Waals surface area (Å²) in [6, 6.07) is 0. The molecule has 0 aromatic heterocycles. The third-order valence-electron chi connectivity index (χ3n) is 1.55. The second-order valence-corrected chi connectivity index (χ2v) is 10.8. The summed E-state index contributed by atoms with van der Waals surface area (Å²) in [5.74, 6) is 0. The van der Waals surface area contributed by atoms with E-state index in [4.69, 9.17) is 13.5 Å². The first-order valence-corrected chi connectivity index (χ1v) is 10.5. The van der Waals surface area contributed by atoms with Crippen molar-refractivity contribution in [2.45, 2.75) is 33.5 Å². The SMILES string of the molecule is CCOP(=O)(CCO[Si](C)(C)C)OCC. The molecule has 0 fully saturated rings. The fourth-order valence-electron chi connectivity index (χ4n) is 1.02. The zero-order valence-electron chi connectivity index (χ0n) is 10.4. The lowest BCUT2D eigenvalue weighted by Gasteiger charge is -2.20. The molecule has 0 aliphatic heterocycles. The van der Waals surface area contributed by atoms with Crippen LogP contribution in [-0.2, 0) is 18.0 Å². The Morgan fingerprint density at radius 1 is 1.07 bits per heavy atom. The van der Waals surface area contributed by atoms with Crippen LogP contribution < -0.4 is 0 Å². The molecular formula is C9H23O4PSi. The molecule has 0 N–H and O–H groups in total. The van der Waals surface area contributed by atoms with Crippen molar-refractivity contribution >= 4 is 15.9 Å². The van der Waals surface area contributed by atoms with Gasteiger partial charge in [-0.3, -0.25) is 4.57 Å². The van der Waals surface area contributed by atoms with E-state index in [-0.39, 0.29) is 0 Å². The van der Waals surface area contributed by atoms with Crippen molar-refractivity contribution in [3.8, 4) is 0 Å². The molecule has 0 amide bonds. The summed E-state index contributed by atoms with van der Waals surface area (Å²) in [4.78, 5) is 0. The molecular weight excluding hydrogens is 231 g/mol. The Morgan fingerprint density at radius 2 is 1.53 bits per heavy atom. The van der Waals surface area contributed by atoms with Crippen LogP contribution in [0.1, 0.15) is 13.8 Å². The normalized spacial score (nSPS) is 13.1. The molecule has 0 aromatic carbocycles. The van der Waals surface area contributed by atoms with Crippen LogP contribution in [0.3, 0.4) is 0 Å². The third-order valence-corrected chi connectivity index (χ3v) is 4.66. The summed E-state index contributed by atoms with van der Waals surface area (Å²) >= 11 is 0. The van der Waals surface area contributed by atoms with Gasteiger partial charge in [-0.25, -0.2) is 0 Å². The molecule has 0 spiro atoms. The standard InChI is InChI=1S/C9H23O4PSi/c1-6-11-14(10,12-7-2)9-8-13-15(3,4)5/h6-9H2,1-5H3. The smallest absolute Gasteiger partial charge is 0.332 e.